The second-order valence-corrected chi connectivity index (χ2v) is 5.80. The number of hydrogen-bond donors (Lipinski definition) is 2. The van der Waals surface area contributed by atoms with Crippen LogP contribution in [0.1, 0.15) is 19.8 Å². The first-order valence-electron chi connectivity index (χ1n) is 7.33. The van der Waals surface area contributed by atoms with Gasteiger partial charge in [0.05, 0.1) is 5.70 Å². The van der Waals surface area contributed by atoms with E-state index < -0.39 is 0 Å². The fourth-order valence-electron chi connectivity index (χ4n) is 1.53. The van der Waals surface area contributed by atoms with Crippen molar-refractivity contribution in [2.45, 2.75) is 19.8 Å². The van der Waals surface area contributed by atoms with Gasteiger partial charge in [-0.3, -0.25) is 9.98 Å². The van der Waals surface area contributed by atoms with Crippen LogP contribution in [0.4, 0.5) is 0 Å². The SMILES string of the molecule is C=C/C=C(\CNCCCCN)CSC(=C)/C=N\C(C)=C/N=C. The summed E-state index contributed by atoms with van der Waals surface area (Å²) in [6, 6.07) is 0. The summed E-state index contributed by atoms with van der Waals surface area (Å²) >= 11 is 1.66. The van der Waals surface area contributed by atoms with Gasteiger partial charge in [-0.1, -0.05) is 25.3 Å². The monoisotopic (exact) mass is 320 g/mol. The van der Waals surface area contributed by atoms with Crippen molar-refractivity contribution >= 4 is 24.7 Å². The van der Waals surface area contributed by atoms with E-state index in [-0.39, 0.29) is 0 Å². The van der Waals surface area contributed by atoms with E-state index in [0.29, 0.717) is 0 Å². The summed E-state index contributed by atoms with van der Waals surface area (Å²) in [5.41, 5.74) is 7.56. The molecule has 0 aromatic rings. The topological polar surface area (TPSA) is 62.8 Å². The number of unbranched alkanes of at least 4 members (excludes halogenated alkanes) is 1. The fourth-order valence-corrected chi connectivity index (χ4v) is 2.23. The summed E-state index contributed by atoms with van der Waals surface area (Å²) in [4.78, 5) is 8.83. The number of aliphatic imine (C=N–C) groups is 2. The lowest BCUT2D eigenvalue weighted by atomic mass is 10.2. The maximum atomic E-state index is 5.48. The molecule has 0 amide bonds. The van der Waals surface area contributed by atoms with Crippen LogP contribution in [-0.2, 0) is 0 Å². The molecule has 0 rings (SSSR count). The maximum Gasteiger partial charge on any atom is 0.0555 e. The molecule has 5 heteroatoms. The summed E-state index contributed by atoms with van der Waals surface area (Å²) in [5.74, 6) is 0.864. The maximum absolute atomic E-state index is 5.48. The predicted molar refractivity (Wildman–Crippen MR) is 103 cm³/mol. The Labute approximate surface area is 139 Å². The highest BCUT2D eigenvalue weighted by Crippen LogP contribution is 2.16. The van der Waals surface area contributed by atoms with Gasteiger partial charge in [0.2, 0.25) is 0 Å². The third kappa shape index (κ3) is 12.3. The fraction of sp³-hybridized carbons (Fsp3) is 0.412. The molecule has 0 atom stereocenters. The van der Waals surface area contributed by atoms with E-state index in [2.05, 4.69) is 35.2 Å². The van der Waals surface area contributed by atoms with Crippen LogP contribution in [0.2, 0.25) is 0 Å². The number of nitrogens with one attached hydrogen (secondary N) is 1. The number of hydrogen-bond acceptors (Lipinski definition) is 5. The minimum absolute atomic E-state index is 0.751. The van der Waals surface area contributed by atoms with E-state index in [9.17, 15) is 0 Å². The zero-order valence-electron chi connectivity index (χ0n) is 13.6. The normalized spacial score (nSPS) is 12.6. The van der Waals surface area contributed by atoms with E-state index in [4.69, 9.17) is 5.73 Å². The summed E-state index contributed by atoms with van der Waals surface area (Å²) in [5, 5.41) is 3.42. The molecule has 0 saturated heterocycles. The van der Waals surface area contributed by atoms with Gasteiger partial charge in [-0.15, -0.1) is 11.8 Å². The third-order valence-corrected chi connectivity index (χ3v) is 3.64. The summed E-state index contributed by atoms with van der Waals surface area (Å²) in [7, 11) is 0. The van der Waals surface area contributed by atoms with Crippen LogP contribution in [-0.4, -0.2) is 38.3 Å². The van der Waals surface area contributed by atoms with Crippen molar-refractivity contribution < 1.29 is 0 Å². The molecule has 0 radical (unpaired) electrons. The van der Waals surface area contributed by atoms with Crippen molar-refractivity contribution in [1.82, 2.24) is 5.32 Å². The standard InChI is InChI=1S/C17H28N4S/c1-5-8-17(13-20-10-7-6-9-18)14-22-16(3)12-21-15(2)11-19-4/h5,8,11-12,20H,1,3-4,6-7,9-10,13-14,18H2,2H3/b15-11-,17-8+,21-12-. The first kappa shape index (κ1) is 20.6. The van der Waals surface area contributed by atoms with E-state index in [1.807, 2.05) is 19.1 Å². The summed E-state index contributed by atoms with van der Waals surface area (Å²) in [6.45, 7) is 15.6. The molecule has 0 aliphatic rings. The van der Waals surface area contributed by atoms with Gasteiger partial charge < -0.3 is 11.1 Å². The van der Waals surface area contributed by atoms with E-state index in [1.54, 1.807) is 24.2 Å². The van der Waals surface area contributed by atoms with Crippen molar-refractivity contribution in [3.8, 4) is 0 Å². The Morgan fingerprint density at radius 3 is 2.77 bits per heavy atom. The molecule has 4 nitrogen and oxygen atoms in total. The second kappa shape index (κ2) is 14.5. The molecule has 0 aromatic carbocycles. The zero-order valence-corrected chi connectivity index (χ0v) is 14.4. The lowest BCUT2D eigenvalue weighted by Crippen LogP contribution is -2.20. The Balaban J connectivity index is 4.16. The Hall–Kier alpha value is -1.43. The molecule has 0 saturated carbocycles. The van der Waals surface area contributed by atoms with E-state index >= 15 is 0 Å². The Morgan fingerprint density at radius 2 is 2.14 bits per heavy atom. The van der Waals surface area contributed by atoms with Crippen molar-refractivity contribution in [3.63, 3.8) is 0 Å². The van der Waals surface area contributed by atoms with Crippen molar-refractivity contribution in [2.24, 2.45) is 15.7 Å². The Bertz CT molecular complexity index is 436. The Kier molecular flexibility index (Phi) is 13.6. The largest absolute Gasteiger partial charge is 0.330 e. The van der Waals surface area contributed by atoms with Gasteiger partial charge in [-0.2, -0.15) is 0 Å². The van der Waals surface area contributed by atoms with Crippen LogP contribution < -0.4 is 11.1 Å². The molecule has 122 valence electrons. The van der Waals surface area contributed by atoms with Crippen LogP contribution in [0.15, 0.2) is 57.7 Å². The lowest BCUT2D eigenvalue weighted by molar-refractivity contribution is 0.653. The molecule has 0 aliphatic heterocycles. The quantitative estimate of drug-likeness (QED) is 0.311. The number of nitrogens with zero attached hydrogens (tertiary/aromatic N) is 2. The molecule has 0 fully saturated rings. The van der Waals surface area contributed by atoms with Crippen LogP contribution in [0.5, 0.6) is 0 Å². The van der Waals surface area contributed by atoms with Crippen molar-refractivity contribution in [1.29, 1.82) is 0 Å². The van der Waals surface area contributed by atoms with E-state index in [1.165, 1.54) is 5.57 Å². The first-order chi connectivity index (χ1) is 10.6. The van der Waals surface area contributed by atoms with Crippen LogP contribution in [0.3, 0.4) is 0 Å². The number of rotatable bonds is 13. The van der Waals surface area contributed by atoms with Crippen molar-refractivity contribution in [3.05, 3.63) is 47.7 Å². The molecular weight excluding hydrogens is 292 g/mol. The number of nitrogens with two attached hydrogens (primary N) is 1. The molecular formula is C17H28N4S. The van der Waals surface area contributed by atoms with Crippen LogP contribution in [0, 0.1) is 0 Å². The van der Waals surface area contributed by atoms with Gasteiger partial charge in [0.25, 0.3) is 0 Å². The smallest absolute Gasteiger partial charge is 0.0555 e. The van der Waals surface area contributed by atoms with Crippen LogP contribution in [0.25, 0.3) is 0 Å². The van der Waals surface area contributed by atoms with E-state index in [0.717, 1.165) is 48.8 Å². The summed E-state index contributed by atoms with van der Waals surface area (Å²) < 4.78 is 0. The lowest BCUT2D eigenvalue weighted by Gasteiger charge is -2.08. The van der Waals surface area contributed by atoms with Gasteiger partial charge in [-0.05, 0) is 45.1 Å². The molecule has 3 N–H and O–H groups in total. The Morgan fingerprint density at radius 1 is 1.36 bits per heavy atom. The van der Waals surface area contributed by atoms with Gasteiger partial charge in [0.1, 0.15) is 0 Å². The number of allylic oxidation sites excluding steroid dienone is 4. The average molecular weight is 321 g/mol. The van der Waals surface area contributed by atoms with Gasteiger partial charge >= 0.3 is 0 Å². The van der Waals surface area contributed by atoms with Gasteiger partial charge in [0, 0.05) is 29.6 Å². The zero-order chi connectivity index (χ0) is 16.6. The third-order valence-electron chi connectivity index (χ3n) is 2.65. The highest BCUT2D eigenvalue weighted by atomic mass is 32.2. The van der Waals surface area contributed by atoms with Gasteiger partial charge in [-0.25, -0.2) is 0 Å². The molecule has 0 heterocycles. The second-order valence-electron chi connectivity index (χ2n) is 4.70. The average Bonchev–Trinajstić information content (AvgIpc) is 2.50. The van der Waals surface area contributed by atoms with Gasteiger partial charge in [0.15, 0.2) is 0 Å². The first-order valence-corrected chi connectivity index (χ1v) is 8.32. The minimum Gasteiger partial charge on any atom is -0.330 e. The molecule has 0 unspecified atom stereocenters. The minimum atomic E-state index is 0.751. The highest BCUT2D eigenvalue weighted by molar-refractivity contribution is 8.04. The number of thioether (sulfide) groups is 1. The molecule has 22 heavy (non-hydrogen) atoms. The molecule has 0 bridgehead atoms. The predicted octanol–water partition coefficient (Wildman–Crippen LogP) is 3.31. The van der Waals surface area contributed by atoms with Crippen LogP contribution >= 0.6 is 11.8 Å². The molecule has 0 aliphatic carbocycles. The van der Waals surface area contributed by atoms with Crippen molar-refractivity contribution in [2.75, 3.05) is 25.4 Å². The summed E-state index contributed by atoms with van der Waals surface area (Å²) in [6.07, 6.45) is 9.39. The molecule has 0 aromatic heterocycles. The molecule has 0 spiro atoms. The highest BCUT2D eigenvalue weighted by Gasteiger charge is 1.99.